The van der Waals surface area contributed by atoms with Gasteiger partial charge in [-0.2, -0.15) is 10.4 Å². The molecule has 1 fully saturated rings. The standard InChI is InChI=1S/C17H19FN6O2/c1-11-16(24(25)26)17(22(2)21-11)20-13-4-3-7-23(10-13)15-6-5-12(9-19)8-14(15)18/h5-6,8,13,20H,3-4,7,10H2,1-2H3. The van der Waals surface area contributed by atoms with E-state index in [0.717, 1.165) is 12.8 Å². The van der Waals surface area contributed by atoms with Crippen molar-refractivity contribution >= 4 is 17.2 Å². The molecule has 1 unspecified atom stereocenters. The van der Waals surface area contributed by atoms with E-state index in [9.17, 15) is 14.5 Å². The number of piperidine rings is 1. The Bertz CT molecular complexity index is 888. The van der Waals surface area contributed by atoms with Crippen molar-refractivity contribution in [1.29, 1.82) is 5.26 Å². The van der Waals surface area contributed by atoms with E-state index in [1.807, 2.05) is 11.0 Å². The lowest BCUT2D eigenvalue weighted by molar-refractivity contribution is -0.384. The molecule has 1 aliphatic rings. The van der Waals surface area contributed by atoms with Crippen molar-refractivity contribution in [1.82, 2.24) is 9.78 Å². The van der Waals surface area contributed by atoms with Crippen LogP contribution in [0.15, 0.2) is 18.2 Å². The number of nitriles is 1. The number of nitrogens with one attached hydrogen (secondary N) is 1. The molecule has 0 bridgehead atoms. The van der Waals surface area contributed by atoms with Crippen molar-refractivity contribution in [2.45, 2.75) is 25.8 Å². The van der Waals surface area contributed by atoms with Gasteiger partial charge >= 0.3 is 5.69 Å². The van der Waals surface area contributed by atoms with Crippen LogP contribution in [0.1, 0.15) is 24.1 Å². The maximum absolute atomic E-state index is 14.3. The molecule has 0 saturated carbocycles. The Morgan fingerprint density at radius 1 is 1.50 bits per heavy atom. The van der Waals surface area contributed by atoms with E-state index >= 15 is 0 Å². The number of rotatable bonds is 4. The highest BCUT2D eigenvalue weighted by Gasteiger charge is 2.28. The third-order valence-electron chi connectivity index (χ3n) is 4.55. The van der Waals surface area contributed by atoms with E-state index < -0.39 is 10.7 Å². The van der Waals surface area contributed by atoms with Gasteiger partial charge in [0.2, 0.25) is 5.82 Å². The fourth-order valence-corrected chi connectivity index (χ4v) is 3.37. The molecular formula is C17H19FN6O2. The molecule has 0 aliphatic carbocycles. The quantitative estimate of drug-likeness (QED) is 0.666. The Kier molecular flexibility index (Phi) is 4.75. The zero-order chi connectivity index (χ0) is 18.8. The molecule has 1 aliphatic heterocycles. The first kappa shape index (κ1) is 17.7. The second-order valence-electron chi connectivity index (χ2n) is 6.37. The van der Waals surface area contributed by atoms with E-state index in [-0.39, 0.29) is 17.3 Å². The van der Waals surface area contributed by atoms with Crippen LogP contribution in [0.5, 0.6) is 0 Å². The van der Waals surface area contributed by atoms with Crippen LogP contribution in [0, 0.1) is 34.2 Å². The van der Waals surface area contributed by atoms with Gasteiger partial charge in [0.25, 0.3) is 0 Å². The van der Waals surface area contributed by atoms with Crippen LogP contribution in [0.4, 0.5) is 21.6 Å². The molecule has 1 N–H and O–H groups in total. The zero-order valence-electron chi connectivity index (χ0n) is 14.6. The molecule has 9 heteroatoms. The molecule has 8 nitrogen and oxygen atoms in total. The van der Waals surface area contributed by atoms with Crippen LogP contribution in [-0.2, 0) is 7.05 Å². The fraction of sp³-hybridized carbons (Fsp3) is 0.412. The van der Waals surface area contributed by atoms with Gasteiger partial charge in [-0.3, -0.25) is 10.1 Å². The number of aromatic nitrogens is 2. The number of hydrogen-bond donors (Lipinski definition) is 1. The summed E-state index contributed by atoms with van der Waals surface area (Å²) in [4.78, 5) is 12.8. The molecule has 0 amide bonds. The van der Waals surface area contributed by atoms with Crippen LogP contribution in [-0.4, -0.2) is 33.8 Å². The first-order chi connectivity index (χ1) is 12.4. The minimum absolute atomic E-state index is 0.0332. The molecule has 2 heterocycles. The number of aryl methyl sites for hydroxylation is 2. The SMILES string of the molecule is Cc1nn(C)c(NC2CCCN(c3ccc(C#N)cc3F)C2)c1[N+](=O)[O-]. The van der Waals surface area contributed by atoms with Crippen LogP contribution in [0.2, 0.25) is 0 Å². The fourth-order valence-electron chi connectivity index (χ4n) is 3.37. The highest BCUT2D eigenvalue weighted by atomic mass is 19.1. The van der Waals surface area contributed by atoms with E-state index in [2.05, 4.69) is 10.4 Å². The van der Waals surface area contributed by atoms with E-state index in [1.54, 1.807) is 26.1 Å². The van der Waals surface area contributed by atoms with E-state index in [4.69, 9.17) is 5.26 Å². The summed E-state index contributed by atoms with van der Waals surface area (Å²) < 4.78 is 15.8. The van der Waals surface area contributed by atoms with Crippen molar-refractivity contribution in [2.75, 3.05) is 23.3 Å². The number of halogens is 1. The summed E-state index contributed by atoms with van der Waals surface area (Å²) in [5, 5.41) is 27.5. The molecule has 136 valence electrons. The van der Waals surface area contributed by atoms with Crippen LogP contribution < -0.4 is 10.2 Å². The summed E-state index contributed by atoms with van der Waals surface area (Å²) in [6.45, 7) is 2.79. The molecule has 26 heavy (non-hydrogen) atoms. The average Bonchev–Trinajstić information content (AvgIpc) is 2.88. The van der Waals surface area contributed by atoms with Gasteiger partial charge in [0.05, 0.1) is 22.2 Å². The summed E-state index contributed by atoms with van der Waals surface area (Å²) in [6.07, 6.45) is 1.64. The Labute approximate surface area is 150 Å². The zero-order valence-corrected chi connectivity index (χ0v) is 14.6. The predicted molar refractivity (Wildman–Crippen MR) is 94.6 cm³/mol. The van der Waals surface area contributed by atoms with Crippen LogP contribution in [0.3, 0.4) is 0 Å². The largest absolute Gasteiger partial charge is 0.367 e. The van der Waals surface area contributed by atoms with E-state index in [0.29, 0.717) is 30.3 Å². The molecule has 2 aromatic rings. The van der Waals surface area contributed by atoms with Crippen molar-refractivity contribution in [2.24, 2.45) is 7.05 Å². The van der Waals surface area contributed by atoms with Crippen LogP contribution in [0.25, 0.3) is 0 Å². The summed E-state index contributed by atoms with van der Waals surface area (Å²) in [5.74, 6) is -0.0771. The number of benzene rings is 1. The average molecular weight is 358 g/mol. The van der Waals surface area contributed by atoms with Gasteiger partial charge in [0.15, 0.2) is 0 Å². The predicted octanol–water partition coefficient (Wildman–Crippen LogP) is 2.73. The Hall–Kier alpha value is -3.15. The lowest BCUT2D eigenvalue weighted by atomic mass is 10.0. The Morgan fingerprint density at radius 2 is 2.27 bits per heavy atom. The number of nitrogens with zero attached hydrogens (tertiary/aromatic N) is 5. The molecular weight excluding hydrogens is 339 g/mol. The number of hydrogen-bond acceptors (Lipinski definition) is 6. The minimum atomic E-state index is -0.439. The maximum atomic E-state index is 14.3. The minimum Gasteiger partial charge on any atom is -0.367 e. The first-order valence-electron chi connectivity index (χ1n) is 8.30. The normalized spacial score (nSPS) is 17.0. The number of nitro groups is 1. The second kappa shape index (κ2) is 7.00. The smallest absolute Gasteiger partial charge is 0.333 e. The van der Waals surface area contributed by atoms with Crippen molar-refractivity contribution < 1.29 is 9.31 Å². The summed E-state index contributed by atoms with van der Waals surface area (Å²) in [5.41, 5.74) is 1.03. The van der Waals surface area contributed by atoms with Gasteiger partial charge in [-0.05, 0) is 38.0 Å². The third-order valence-corrected chi connectivity index (χ3v) is 4.55. The Balaban J connectivity index is 1.80. The molecule has 1 saturated heterocycles. The lowest BCUT2D eigenvalue weighted by Gasteiger charge is -2.35. The van der Waals surface area contributed by atoms with E-state index in [1.165, 1.54) is 10.7 Å². The summed E-state index contributed by atoms with van der Waals surface area (Å²) >= 11 is 0. The molecule has 0 spiro atoms. The number of anilines is 2. The van der Waals surface area contributed by atoms with Gasteiger partial charge in [-0.25, -0.2) is 9.07 Å². The van der Waals surface area contributed by atoms with Crippen LogP contribution >= 0.6 is 0 Å². The van der Waals surface area contributed by atoms with Crippen molar-refractivity contribution in [3.63, 3.8) is 0 Å². The van der Waals surface area contributed by atoms with Gasteiger partial charge in [-0.1, -0.05) is 0 Å². The topological polar surface area (TPSA) is 100 Å². The summed E-state index contributed by atoms with van der Waals surface area (Å²) in [7, 11) is 1.66. The summed E-state index contributed by atoms with van der Waals surface area (Å²) in [6, 6.07) is 6.26. The van der Waals surface area contributed by atoms with Gasteiger partial charge in [-0.15, -0.1) is 0 Å². The second-order valence-corrected chi connectivity index (χ2v) is 6.37. The van der Waals surface area contributed by atoms with Crippen molar-refractivity contribution in [3.8, 4) is 6.07 Å². The maximum Gasteiger partial charge on any atom is 0.333 e. The highest BCUT2D eigenvalue weighted by molar-refractivity contribution is 5.60. The van der Waals surface area contributed by atoms with Crippen molar-refractivity contribution in [3.05, 3.63) is 45.4 Å². The monoisotopic (exact) mass is 358 g/mol. The first-order valence-corrected chi connectivity index (χ1v) is 8.30. The molecule has 1 aromatic heterocycles. The van der Waals surface area contributed by atoms with Gasteiger partial charge < -0.3 is 10.2 Å². The molecule has 0 radical (unpaired) electrons. The lowest BCUT2D eigenvalue weighted by Crippen LogP contribution is -2.42. The Morgan fingerprint density at radius 3 is 2.92 bits per heavy atom. The third kappa shape index (κ3) is 3.31. The molecule has 1 aromatic carbocycles. The molecule has 3 rings (SSSR count). The van der Waals surface area contributed by atoms with Gasteiger partial charge in [0.1, 0.15) is 11.5 Å². The molecule has 1 atom stereocenters. The van der Waals surface area contributed by atoms with Gasteiger partial charge in [0, 0.05) is 26.2 Å². The highest BCUT2D eigenvalue weighted by Crippen LogP contribution is 2.30.